The molecule has 0 saturated heterocycles. The van der Waals surface area contributed by atoms with Crippen molar-refractivity contribution in [2.24, 2.45) is 5.73 Å². The zero-order chi connectivity index (χ0) is 15.8. The fourth-order valence-electron chi connectivity index (χ4n) is 1.65. The molecule has 0 spiro atoms. The second-order valence-corrected chi connectivity index (χ2v) is 4.48. The number of rotatable bonds is 4. The smallest absolute Gasteiger partial charge is 0.328 e. The quantitative estimate of drug-likeness (QED) is 0.639. The molecular formula is C16H20N2O3. The van der Waals surface area contributed by atoms with E-state index in [2.05, 4.69) is 17.2 Å². The molecule has 1 aromatic rings. The maximum absolute atomic E-state index is 12.1. The van der Waals surface area contributed by atoms with Crippen LogP contribution in [-0.4, -0.2) is 31.1 Å². The molecule has 0 heterocycles. The fourth-order valence-corrected chi connectivity index (χ4v) is 1.65. The van der Waals surface area contributed by atoms with Crippen LogP contribution in [0.1, 0.15) is 35.3 Å². The number of hydrogen-bond acceptors (Lipinski definition) is 4. The van der Waals surface area contributed by atoms with Gasteiger partial charge in [-0.25, -0.2) is 4.79 Å². The van der Waals surface area contributed by atoms with Gasteiger partial charge >= 0.3 is 5.97 Å². The molecule has 0 fully saturated rings. The van der Waals surface area contributed by atoms with Crippen LogP contribution in [0.25, 0.3) is 0 Å². The van der Waals surface area contributed by atoms with Gasteiger partial charge in [-0.3, -0.25) is 4.79 Å². The predicted molar refractivity (Wildman–Crippen MR) is 80.7 cm³/mol. The van der Waals surface area contributed by atoms with Crippen molar-refractivity contribution in [1.82, 2.24) is 5.32 Å². The van der Waals surface area contributed by atoms with Crippen molar-refractivity contribution >= 4 is 11.9 Å². The van der Waals surface area contributed by atoms with E-state index in [9.17, 15) is 9.59 Å². The van der Waals surface area contributed by atoms with Gasteiger partial charge in [0.2, 0.25) is 0 Å². The van der Waals surface area contributed by atoms with Crippen LogP contribution in [0.5, 0.6) is 0 Å². The molecule has 0 aliphatic heterocycles. The molecule has 0 aliphatic rings. The van der Waals surface area contributed by atoms with E-state index in [1.807, 2.05) is 13.0 Å². The number of esters is 1. The lowest BCUT2D eigenvalue weighted by Gasteiger charge is -2.13. The molecule has 0 bridgehead atoms. The van der Waals surface area contributed by atoms with Crippen molar-refractivity contribution in [2.75, 3.05) is 13.2 Å². The largest absolute Gasteiger partial charge is 0.464 e. The SMILES string of the molecule is CCOC(=O)C(C)NC(=O)c1ccc(C)c(C#CCN)c1. The summed E-state index contributed by atoms with van der Waals surface area (Å²) in [5.74, 6) is 4.88. The molecule has 1 rings (SSSR count). The van der Waals surface area contributed by atoms with Crippen LogP contribution in [0.4, 0.5) is 0 Å². The molecule has 1 unspecified atom stereocenters. The second-order valence-electron chi connectivity index (χ2n) is 4.48. The van der Waals surface area contributed by atoms with E-state index in [0.717, 1.165) is 11.1 Å². The summed E-state index contributed by atoms with van der Waals surface area (Å²) < 4.78 is 4.85. The van der Waals surface area contributed by atoms with Crippen LogP contribution in [-0.2, 0) is 9.53 Å². The van der Waals surface area contributed by atoms with Crippen LogP contribution in [0.3, 0.4) is 0 Å². The topological polar surface area (TPSA) is 81.4 Å². The maximum atomic E-state index is 12.1. The van der Waals surface area contributed by atoms with E-state index in [0.29, 0.717) is 5.56 Å². The van der Waals surface area contributed by atoms with Gasteiger partial charge < -0.3 is 15.8 Å². The lowest BCUT2D eigenvalue weighted by atomic mass is 10.0. The molecule has 0 aliphatic carbocycles. The number of aryl methyl sites for hydroxylation is 1. The molecule has 3 N–H and O–H groups in total. The van der Waals surface area contributed by atoms with Gasteiger partial charge in [0.05, 0.1) is 13.2 Å². The Labute approximate surface area is 124 Å². The summed E-state index contributed by atoms with van der Waals surface area (Å²) in [4.78, 5) is 23.6. The first-order chi connectivity index (χ1) is 9.99. The van der Waals surface area contributed by atoms with Gasteiger partial charge in [0.15, 0.2) is 0 Å². The zero-order valence-electron chi connectivity index (χ0n) is 12.5. The first kappa shape index (κ1) is 16.7. The Hall–Kier alpha value is -2.32. The van der Waals surface area contributed by atoms with E-state index < -0.39 is 12.0 Å². The molecule has 1 aromatic carbocycles. The minimum atomic E-state index is -0.697. The number of amides is 1. The molecule has 0 aromatic heterocycles. The van der Waals surface area contributed by atoms with Crippen molar-refractivity contribution in [1.29, 1.82) is 0 Å². The number of benzene rings is 1. The van der Waals surface area contributed by atoms with Gasteiger partial charge in [0.25, 0.3) is 5.91 Å². The standard InChI is InChI=1S/C16H20N2O3/c1-4-21-16(20)12(3)18-15(19)14-8-7-11(2)13(10-14)6-5-9-17/h7-8,10,12H,4,9,17H2,1-3H3,(H,18,19). The molecule has 1 amide bonds. The van der Waals surface area contributed by atoms with Crippen LogP contribution in [0.2, 0.25) is 0 Å². The van der Waals surface area contributed by atoms with E-state index in [1.165, 1.54) is 0 Å². The number of carbonyl (C=O) groups excluding carboxylic acids is 2. The van der Waals surface area contributed by atoms with Gasteiger partial charge in [-0.2, -0.15) is 0 Å². The second kappa shape index (κ2) is 8.08. The Balaban J connectivity index is 2.86. The lowest BCUT2D eigenvalue weighted by Crippen LogP contribution is -2.39. The Kier molecular flexibility index (Phi) is 6.44. The maximum Gasteiger partial charge on any atom is 0.328 e. The Morgan fingerprint density at radius 3 is 2.76 bits per heavy atom. The highest BCUT2D eigenvalue weighted by molar-refractivity contribution is 5.97. The minimum Gasteiger partial charge on any atom is -0.464 e. The fraction of sp³-hybridized carbons (Fsp3) is 0.375. The molecule has 0 radical (unpaired) electrons. The third-order valence-electron chi connectivity index (χ3n) is 2.81. The summed E-state index contributed by atoms with van der Waals surface area (Å²) >= 11 is 0. The van der Waals surface area contributed by atoms with Crippen molar-refractivity contribution in [3.05, 3.63) is 34.9 Å². The lowest BCUT2D eigenvalue weighted by molar-refractivity contribution is -0.144. The van der Waals surface area contributed by atoms with Crippen LogP contribution in [0.15, 0.2) is 18.2 Å². The van der Waals surface area contributed by atoms with E-state index >= 15 is 0 Å². The summed E-state index contributed by atoms with van der Waals surface area (Å²) in [6.45, 7) is 5.75. The summed E-state index contributed by atoms with van der Waals surface area (Å²) in [6.07, 6.45) is 0. The molecule has 0 saturated carbocycles. The number of ether oxygens (including phenoxy) is 1. The van der Waals surface area contributed by atoms with E-state index in [1.54, 1.807) is 26.0 Å². The van der Waals surface area contributed by atoms with E-state index in [4.69, 9.17) is 10.5 Å². The average molecular weight is 288 g/mol. The average Bonchev–Trinajstić information content (AvgIpc) is 2.46. The Bertz CT molecular complexity index is 585. The van der Waals surface area contributed by atoms with Gasteiger partial charge in [0.1, 0.15) is 6.04 Å². The number of carbonyl (C=O) groups is 2. The molecule has 21 heavy (non-hydrogen) atoms. The number of nitrogens with one attached hydrogen (secondary N) is 1. The monoisotopic (exact) mass is 288 g/mol. The highest BCUT2D eigenvalue weighted by Gasteiger charge is 2.17. The molecule has 1 atom stereocenters. The normalized spacial score (nSPS) is 11.0. The van der Waals surface area contributed by atoms with Crippen LogP contribution in [0, 0.1) is 18.8 Å². The molecule has 112 valence electrons. The first-order valence-corrected chi connectivity index (χ1v) is 6.76. The van der Waals surface area contributed by atoms with E-state index in [-0.39, 0.29) is 19.1 Å². The summed E-state index contributed by atoms with van der Waals surface area (Å²) in [5.41, 5.74) is 7.50. The van der Waals surface area contributed by atoms with Crippen LogP contribution >= 0.6 is 0 Å². The molecular weight excluding hydrogens is 268 g/mol. The molecule has 5 heteroatoms. The first-order valence-electron chi connectivity index (χ1n) is 6.76. The Morgan fingerprint density at radius 2 is 2.14 bits per heavy atom. The number of nitrogens with two attached hydrogens (primary N) is 1. The highest BCUT2D eigenvalue weighted by atomic mass is 16.5. The van der Waals surface area contributed by atoms with Crippen molar-refractivity contribution in [2.45, 2.75) is 26.8 Å². The van der Waals surface area contributed by atoms with Gasteiger partial charge in [0, 0.05) is 11.1 Å². The summed E-state index contributed by atoms with van der Waals surface area (Å²) in [7, 11) is 0. The third-order valence-corrected chi connectivity index (χ3v) is 2.81. The zero-order valence-corrected chi connectivity index (χ0v) is 12.5. The van der Waals surface area contributed by atoms with Crippen molar-refractivity contribution in [3.63, 3.8) is 0 Å². The minimum absolute atomic E-state index is 0.260. The van der Waals surface area contributed by atoms with Gasteiger partial charge in [-0.15, -0.1) is 0 Å². The molecule has 5 nitrogen and oxygen atoms in total. The van der Waals surface area contributed by atoms with Crippen molar-refractivity contribution in [3.8, 4) is 11.8 Å². The number of hydrogen-bond donors (Lipinski definition) is 2. The third kappa shape index (κ3) is 4.93. The van der Waals surface area contributed by atoms with Crippen molar-refractivity contribution < 1.29 is 14.3 Å². The Morgan fingerprint density at radius 1 is 1.43 bits per heavy atom. The van der Waals surface area contributed by atoms with Crippen LogP contribution < -0.4 is 11.1 Å². The summed E-state index contributed by atoms with van der Waals surface area (Å²) in [6, 6.07) is 4.49. The summed E-state index contributed by atoms with van der Waals surface area (Å²) in [5, 5.41) is 2.60. The van der Waals surface area contributed by atoms with Gasteiger partial charge in [-0.1, -0.05) is 17.9 Å². The predicted octanol–water partition coefficient (Wildman–Crippen LogP) is 0.987. The van der Waals surface area contributed by atoms with Gasteiger partial charge in [-0.05, 0) is 38.5 Å². The highest BCUT2D eigenvalue weighted by Crippen LogP contribution is 2.10.